The van der Waals surface area contributed by atoms with Gasteiger partial charge in [-0.05, 0) is 30.2 Å². The summed E-state index contributed by atoms with van der Waals surface area (Å²) in [5.74, 6) is -0.550. The fourth-order valence-electron chi connectivity index (χ4n) is 2.14. The van der Waals surface area contributed by atoms with Gasteiger partial charge in [0.05, 0.1) is 18.3 Å². The highest BCUT2D eigenvalue weighted by molar-refractivity contribution is 5.68. The van der Waals surface area contributed by atoms with E-state index in [1.807, 2.05) is 0 Å². The Morgan fingerprint density at radius 3 is 2.84 bits per heavy atom. The molecule has 0 spiro atoms. The lowest BCUT2D eigenvalue weighted by molar-refractivity contribution is 0.0435. The first kappa shape index (κ1) is 11.9. The van der Waals surface area contributed by atoms with Gasteiger partial charge in [0.2, 0.25) is 0 Å². The maximum absolute atomic E-state index is 13.7. The Hall–Kier alpha value is -2.15. The number of aliphatic hydroxyl groups is 1. The Labute approximate surface area is 107 Å². The lowest BCUT2D eigenvalue weighted by Gasteiger charge is -2.31. The molecule has 1 aliphatic rings. The Balaban J connectivity index is 2.01. The van der Waals surface area contributed by atoms with E-state index in [4.69, 9.17) is 0 Å². The lowest BCUT2D eigenvalue weighted by atomic mass is 9.90. The Bertz CT molecular complexity index is 622. The average Bonchev–Trinajstić information content (AvgIpc) is 2.79. The highest BCUT2D eigenvalue weighted by atomic mass is 19.1. The summed E-state index contributed by atoms with van der Waals surface area (Å²) in [6, 6.07) is 2.74. The Kier molecular flexibility index (Phi) is 2.83. The number of nitroso groups, excluding NO2 is 1. The fourth-order valence-corrected chi connectivity index (χ4v) is 2.14. The third kappa shape index (κ3) is 2.01. The summed E-state index contributed by atoms with van der Waals surface area (Å²) in [7, 11) is 0. The molecule has 1 saturated carbocycles. The van der Waals surface area contributed by atoms with Crippen LogP contribution in [0.3, 0.4) is 0 Å². The molecule has 1 fully saturated rings. The van der Waals surface area contributed by atoms with Crippen molar-refractivity contribution in [3.8, 4) is 11.4 Å². The smallest absolute Gasteiger partial charge is 0.155 e. The zero-order valence-electron chi connectivity index (χ0n) is 9.90. The number of halogens is 1. The quantitative estimate of drug-likeness (QED) is 0.859. The molecule has 0 bridgehead atoms. The molecule has 0 aromatic carbocycles. The van der Waals surface area contributed by atoms with Gasteiger partial charge in [0.25, 0.3) is 0 Å². The van der Waals surface area contributed by atoms with Crippen molar-refractivity contribution in [1.82, 2.24) is 14.8 Å². The van der Waals surface area contributed by atoms with Gasteiger partial charge in [-0.15, -0.1) is 4.91 Å². The van der Waals surface area contributed by atoms with E-state index in [1.54, 1.807) is 4.68 Å². The SMILES string of the molecule is O=Nc1cn([C@H]2C[C@@H](O)C2)nc1-c1ncccc1F. The van der Waals surface area contributed by atoms with Gasteiger partial charge in [0, 0.05) is 6.20 Å². The topological polar surface area (TPSA) is 80.4 Å². The minimum atomic E-state index is -0.550. The molecule has 98 valence electrons. The maximum atomic E-state index is 13.7. The molecule has 19 heavy (non-hydrogen) atoms. The van der Waals surface area contributed by atoms with Crippen LogP contribution in [0, 0.1) is 10.7 Å². The molecule has 2 aromatic rings. The predicted molar refractivity (Wildman–Crippen MR) is 65.1 cm³/mol. The molecule has 0 aliphatic heterocycles. The van der Waals surface area contributed by atoms with Gasteiger partial charge in [-0.3, -0.25) is 9.67 Å². The summed E-state index contributed by atoms with van der Waals surface area (Å²) >= 11 is 0. The molecular formula is C12H11FN4O2. The molecule has 6 nitrogen and oxygen atoms in total. The van der Waals surface area contributed by atoms with E-state index in [1.165, 1.54) is 24.5 Å². The van der Waals surface area contributed by atoms with E-state index in [-0.39, 0.29) is 29.2 Å². The van der Waals surface area contributed by atoms with Crippen molar-refractivity contribution in [2.24, 2.45) is 5.18 Å². The number of rotatable bonds is 3. The third-order valence-corrected chi connectivity index (χ3v) is 3.26. The highest BCUT2D eigenvalue weighted by Crippen LogP contribution is 2.36. The molecule has 7 heteroatoms. The highest BCUT2D eigenvalue weighted by Gasteiger charge is 2.30. The van der Waals surface area contributed by atoms with Crippen molar-refractivity contribution in [3.05, 3.63) is 35.3 Å². The van der Waals surface area contributed by atoms with Gasteiger partial charge in [-0.2, -0.15) is 5.10 Å². The summed E-state index contributed by atoms with van der Waals surface area (Å²) in [4.78, 5) is 14.7. The largest absolute Gasteiger partial charge is 0.393 e. The number of hydrogen-bond donors (Lipinski definition) is 1. The normalized spacial score (nSPS) is 22.0. The van der Waals surface area contributed by atoms with Gasteiger partial charge < -0.3 is 5.11 Å². The zero-order valence-corrected chi connectivity index (χ0v) is 9.90. The van der Waals surface area contributed by atoms with E-state index in [9.17, 15) is 14.4 Å². The molecule has 0 unspecified atom stereocenters. The van der Waals surface area contributed by atoms with Crippen LogP contribution < -0.4 is 0 Å². The van der Waals surface area contributed by atoms with Gasteiger partial charge in [-0.1, -0.05) is 0 Å². The lowest BCUT2D eigenvalue weighted by Crippen LogP contribution is -2.31. The fraction of sp³-hybridized carbons (Fsp3) is 0.333. The van der Waals surface area contributed by atoms with Crippen LogP contribution in [0.25, 0.3) is 11.4 Å². The van der Waals surface area contributed by atoms with Gasteiger partial charge in [0.15, 0.2) is 11.5 Å². The molecule has 0 amide bonds. The Morgan fingerprint density at radius 2 is 2.21 bits per heavy atom. The van der Waals surface area contributed by atoms with Crippen LogP contribution in [-0.2, 0) is 0 Å². The summed E-state index contributed by atoms with van der Waals surface area (Å²) < 4.78 is 15.2. The molecule has 0 saturated heterocycles. The first-order chi connectivity index (χ1) is 9.19. The van der Waals surface area contributed by atoms with Crippen LogP contribution in [0.5, 0.6) is 0 Å². The second-order valence-electron chi connectivity index (χ2n) is 4.55. The molecule has 1 aliphatic carbocycles. The number of nitrogens with zero attached hydrogens (tertiary/aromatic N) is 4. The minimum Gasteiger partial charge on any atom is -0.393 e. The van der Waals surface area contributed by atoms with E-state index in [0.29, 0.717) is 12.8 Å². The summed E-state index contributed by atoms with van der Waals surface area (Å²) in [6.45, 7) is 0. The van der Waals surface area contributed by atoms with Gasteiger partial charge in [-0.25, -0.2) is 4.39 Å². The van der Waals surface area contributed by atoms with Crippen LogP contribution >= 0.6 is 0 Å². The van der Waals surface area contributed by atoms with Crippen molar-refractivity contribution >= 4 is 5.69 Å². The zero-order chi connectivity index (χ0) is 13.4. The second kappa shape index (κ2) is 4.51. The third-order valence-electron chi connectivity index (χ3n) is 3.26. The molecule has 0 radical (unpaired) electrons. The van der Waals surface area contributed by atoms with Crippen LogP contribution in [-0.4, -0.2) is 26.0 Å². The number of aromatic nitrogens is 3. The van der Waals surface area contributed by atoms with Crippen molar-refractivity contribution in [1.29, 1.82) is 0 Å². The molecule has 1 N–H and O–H groups in total. The molecule has 3 rings (SSSR count). The van der Waals surface area contributed by atoms with Gasteiger partial charge >= 0.3 is 0 Å². The van der Waals surface area contributed by atoms with Crippen LogP contribution in [0.2, 0.25) is 0 Å². The first-order valence-electron chi connectivity index (χ1n) is 5.90. The minimum absolute atomic E-state index is 0.00993. The maximum Gasteiger partial charge on any atom is 0.155 e. The first-order valence-corrected chi connectivity index (χ1v) is 5.90. The number of hydrogen-bond acceptors (Lipinski definition) is 5. The van der Waals surface area contributed by atoms with Crippen molar-refractivity contribution < 1.29 is 9.50 Å². The van der Waals surface area contributed by atoms with Crippen molar-refractivity contribution in [2.45, 2.75) is 25.0 Å². The number of pyridine rings is 1. The predicted octanol–water partition coefficient (Wildman–Crippen LogP) is 2.18. The second-order valence-corrected chi connectivity index (χ2v) is 4.55. The van der Waals surface area contributed by atoms with E-state index >= 15 is 0 Å². The van der Waals surface area contributed by atoms with E-state index < -0.39 is 5.82 Å². The molecule has 2 heterocycles. The standard InChI is InChI=1S/C12H11FN4O2/c13-9-2-1-3-14-11(9)12-10(16-19)6-17(15-12)7-4-8(18)5-7/h1-3,6-8,18H,4-5H2/t7-,8+. The van der Waals surface area contributed by atoms with Crippen LogP contribution in [0.15, 0.2) is 29.7 Å². The monoisotopic (exact) mass is 262 g/mol. The van der Waals surface area contributed by atoms with Gasteiger partial charge in [0.1, 0.15) is 11.4 Å². The average molecular weight is 262 g/mol. The van der Waals surface area contributed by atoms with Crippen molar-refractivity contribution in [2.75, 3.05) is 0 Å². The van der Waals surface area contributed by atoms with Crippen LogP contribution in [0.1, 0.15) is 18.9 Å². The Morgan fingerprint density at radius 1 is 1.42 bits per heavy atom. The van der Waals surface area contributed by atoms with Crippen LogP contribution in [0.4, 0.5) is 10.1 Å². The summed E-state index contributed by atoms with van der Waals surface area (Å²) in [5, 5.41) is 16.3. The summed E-state index contributed by atoms with van der Waals surface area (Å²) in [6.07, 6.45) is 3.71. The van der Waals surface area contributed by atoms with E-state index in [2.05, 4.69) is 15.3 Å². The van der Waals surface area contributed by atoms with E-state index in [0.717, 1.165) is 0 Å². The molecule has 0 atom stereocenters. The molecular weight excluding hydrogens is 251 g/mol. The number of aliphatic hydroxyl groups excluding tert-OH is 1. The summed E-state index contributed by atoms with van der Waals surface area (Å²) in [5.41, 5.74) is 0.198. The van der Waals surface area contributed by atoms with Crippen molar-refractivity contribution in [3.63, 3.8) is 0 Å². The molecule has 2 aromatic heterocycles.